The van der Waals surface area contributed by atoms with Crippen molar-refractivity contribution in [3.8, 4) is 0 Å². The Morgan fingerprint density at radius 1 is 1.50 bits per heavy atom. The molecule has 1 nitrogen and oxygen atoms in total. The van der Waals surface area contributed by atoms with E-state index in [0.717, 1.165) is 11.8 Å². The molecule has 0 aromatic carbocycles. The molecule has 56 valence electrons. The molecule has 0 unspecified atom stereocenters. The zero-order chi connectivity index (χ0) is 7.56. The Labute approximate surface area is 73.6 Å². The Morgan fingerprint density at radius 3 is 2.60 bits per heavy atom. The molecule has 0 aliphatic rings. The zero-order valence-electron chi connectivity index (χ0n) is 6.15. The number of aromatic nitrogens is 1. The fourth-order valence-electron chi connectivity index (χ4n) is 0.891. The maximum absolute atomic E-state index is 4.33. The van der Waals surface area contributed by atoms with Gasteiger partial charge in [-0.05, 0) is 20.3 Å². The number of thiazole rings is 1. The highest BCUT2D eigenvalue weighted by molar-refractivity contribution is 9.09. The summed E-state index contributed by atoms with van der Waals surface area (Å²) in [5, 5.41) is 2.21. The van der Waals surface area contributed by atoms with Crippen molar-refractivity contribution in [1.29, 1.82) is 0 Å². The van der Waals surface area contributed by atoms with Crippen molar-refractivity contribution in [2.45, 2.75) is 20.3 Å². The van der Waals surface area contributed by atoms with Gasteiger partial charge >= 0.3 is 0 Å². The number of rotatable bonds is 2. The Balaban J connectivity index is 2.81. The molecule has 0 amide bonds. The zero-order valence-corrected chi connectivity index (χ0v) is 8.55. The van der Waals surface area contributed by atoms with Crippen LogP contribution in [0.4, 0.5) is 0 Å². The second-order valence-electron chi connectivity index (χ2n) is 2.18. The molecule has 1 rings (SSSR count). The van der Waals surface area contributed by atoms with Gasteiger partial charge in [0.25, 0.3) is 0 Å². The minimum Gasteiger partial charge on any atom is -0.247 e. The van der Waals surface area contributed by atoms with Crippen LogP contribution >= 0.6 is 27.3 Å². The predicted molar refractivity (Wildman–Crippen MR) is 49.1 cm³/mol. The van der Waals surface area contributed by atoms with E-state index >= 15 is 0 Å². The average Bonchev–Trinajstić information content (AvgIpc) is 2.13. The summed E-state index contributed by atoms with van der Waals surface area (Å²) in [6.45, 7) is 4.12. The van der Waals surface area contributed by atoms with Gasteiger partial charge in [-0.1, -0.05) is 15.9 Å². The molecular weight excluding hydrogens is 210 g/mol. The van der Waals surface area contributed by atoms with Crippen molar-refractivity contribution in [3.63, 3.8) is 0 Å². The number of aryl methyl sites for hydroxylation is 3. The maximum atomic E-state index is 4.33. The minimum atomic E-state index is 1.04. The van der Waals surface area contributed by atoms with Gasteiger partial charge in [0.1, 0.15) is 0 Å². The van der Waals surface area contributed by atoms with Gasteiger partial charge in [-0.15, -0.1) is 11.3 Å². The van der Waals surface area contributed by atoms with Crippen molar-refractivity contribution >= 4 is 27.3 Å². The minimum absolute atomic E-state index is 1.04. The van der Waals surface area contributed by atoms with Gasteiger partial charge < -0.3 is 0 Å². The molecule has 0 atom stereocenters. The van der Waals surface area contributed by atoms with E-state index in [9.17, 15) is 0 Å². The third-order valence-electron chi connectivity index (χ3n) is 1.32. The Kier molecular flexibility index (Phi) is 2.86. The van der Waals surface area contributed by atoms with E-state index in [1.165, 1.54) is 15.6 Å². The summed E-state index contributed by atoms with van der Waals surface area (Å²) in [5.41, 5.74) is 1.20. The molecule has 0 fully saturated rings. The van der Waals surface area contributed by atoms with Crippen molar-refractivity contribution in [3.05, 3.63) is 15.6 Å². The largest absolute Gasteiger partial charge is 0.247 e. The topological polar surface area (TPSA) is 12.9 Å². The molecule has 0 N–H and O–H groups in total. The van der Waals surface area contributed by atoms with Gasteiger partial charge in [0.15, 0.2) is 0 Å². The number of alkyl halides is 1. The summed E-state index contributed by atoms with van der Waals surface area (Å²) in [6.07, 6.45) is 1.11. The van der Waals surface area contributed by atoms with Crippen LogP contribution in [0.3, 0.4) is 0 Å². The van der Waals surface area contributed by atoms with Crippen molar-refractivity contribution in [2.75, 3.05) is 5.33 Å². The lowest BCUT2D eigenvalue weighted by molar-refractivity contribution is 1.11. The summed E-state index contributed by atoms with van der Waals surface area (Å²) in [5.74, 6) is 0. The van der Waals surface area contributed by atoms with Gasteiger partial charge in [0, 0.05) is 10.2 Å². The highest BCUT2D eigenvalue weighted by Gasteiger charge is 2.01. The Bertz CT molecular complexity index is 219. The van der Waals surface area contributed by atoms with Crippen molar-refractivity contribution in [2.24, 2.45) is 0 Å². The third kappa shape index (κ3) is 1.80. The molecule has 1 aromatic rings. The Morgan fingerprint density at radius 2 is 2.20 bits per heavy atom. The lowest BCUT2D eigenvalue weighted by Gasteiger charge is -1.89. The fraction of sp³-hybridized carbons (Fsp3) is 0.571. The molecule has 0 radical (unpaired) electrons. The van der Waals surface area contributed by atoms with Gasteiger partial charge in [-0.3, -0.25) is 0 Å². The fourth-order valence-corrected chi connectivity index (χ4v) is 2.49. The molecule has 0 aliphatic carbocycles. The van der Waals surface area contributed by atoms with Crippen LogP contribution in [0.25, 0.3) is 0 Å². The first-order valence-electron chi connectivity index (χ1n) is 3.23. The van der Waals surface area contributed by atoms with Crippen LogP contribution in [0.2, 0.25) is 0 Å². The summed E-state index contributed by atoms with van der Waals surface area (Å²) < 4.78 is 0. The van der Waals surface area contributed by atoms with Crippen LogP contribution < -0.4 is 0 Å². The summed E-state index contributed by atoms with van der Waals surface area (Å²) >= 11 is 5.21. The first kappa shape index (κ1) is 8.21. The van der Waals surface area contributed by atoms with E-state index in [4.69, 9.17) is 0 Å². The number of hydrogen-bond acceptors (Lipinski definition) is 2. The van der Waals surface area contributed by atoms with E-state index in [1.807, 2.05) is 0 Å². The van der Waals surface area contributed by atoms with E-state index in [-0.39, 0.29) is 0 Å². The first-order chi connectivity index (χ1) is 4.74. The van der Waals surface area contributed by atoms with Crippen LogP contribution in [0.15, 0.2) is 0 Å². The maximum Gasteiger partial charge on any atom is 0.0900 e. The normalized spacial score (nSPS) is 10.3. The summed E-state index contributed by atoms with van der Waals surface area (Å²) in [6, 6.07) is 0. The molecule has 0 saturated carbocycles. The predicted octanol–water partition coefficient (Wildman–Crippen LogP) is 2.70. The molecule has 0 spiro atoms. The van der Waals surface area contributed by atoms with Crippen LogP contribution in [0.1, 0.15) is 15.6 Å². The van der Waals surface area contributed by atoms with E-state index in [2.05, 4.69) is 34.8 Å². The second kappa shape index (κ2) is 3.49. The molecule has 0 aliphatic heterocycles. The number of halogens is 1. The molecule has 0 bridgehead atoms. The molecule has 1 aromatic heterocycles. The lowest BCUT2D eigenvalue weighted by atomic mass is 10.3. The van der Waals surface area contributed by atoms with Crippen LogP contribution in [0, 0.1) is 13.8 Å². The van der Waals surface area contributed by atoms with Crippen molar-refractivity contribution in [1.82, 2.24) is 4.98 Å². The number of hydrogen-bond donors (Lipinski definition) is 0. The van der Waals surface area contributed by atoms with Crippen LogP contribution in [-0.2, 0) is 6.42 Å². The average molecular weight is 220 g/mol. The summed E-state index contributed by atoms with van der Waals surface area (Å²) in [4.78, 5) is 5.74. The Hall–Kier alpha value is 0.110. The van der Waals surface area contributed by atoms with Gasteiger partial charge in [-0.2, -0.15) is 0 Å². The molecular formula is C7H10BrNS. The smallest absolute Gasteiger partial charge is 0.0900 e. The van der Waals surface area contributed by atoms with E-state index < -0.39 is 0 Å². The van der Waals surface area contributed by atoms with E-state index in [0.29, 0.717) is 0 Å². The van der Waals surface area contributed by atoms with Crippen LogP contribution in [0.5, 0.6) is 0 Å². The molecule has 10 heavy (non-hydrogen) atoms. The second-order valence-corrected chi connectivity index (χ2v) is 4.26. The van der Waals surface area contributed by atoms with Gasteiger partial charge in [0.2, 0.25) is 0 Å². The van der Waals surface area contributed by atoms with Gasteiger partial charge in [0.05, 0.1) is 10.7 Å². The van der Waals surface area contributed by atoms with Crippen LogP contribution in [-0.4, -0.2) is 10.3 Å². The molecule has 0 saturated heterocycles. The van der Waals surface area contributed by atoms with Gasteiger partial charge in [-0.25, -0.2) is 4.98 Å². The highest BCUT2D eigenvalue weighted by atomic mass is 79.9. The lowest BCUT2D eigenvalue weighted by Crippen LogP contribution is -1.83. The van der Waals surface area contributed by atoms with E-state index in [1.54, 1.807) is 11.3 Å². The number of nitrogens with zero attached hydrogens (tertiary/aromatic N) is 1. The molecule has 3 heteroatoms. The SMILES string of the molecule is Cc1nc(C)c(CCBr)s1. The highest BCUT2D eigenvalue weighted by Crippen LogP contribution is 2.17. The quantitative estimate of drug-likeness (QED) is 0.698. The van der Waals surface area contributed by atoms with Crippen molar-refractivity contribution < 1.29 is 0 Å². The molecule has 1 heterocycles. The third-order valence-corrected chi connectivity index (χ3v) is 2.85. The first-order valence-corrected chi connectivity index (χ1v) is 5.16. The standard InChI is InChI=1S/C7H10BrNS/c1-5-7(3-4-8)10-6(2)9-5/h3-4H2,1-2H3. The monoisotopic (exact) mass is 219 g/mol. The summed E-state index contributed by atoms with van der Waals surface area (Å²) in [7, 11) is 0.